The lowest BCUT2D eigenvalue weighted by Gasteiger charge is -2.35. The molecule has 0 aromatic heterocycles. The molecule has 1 nitrogen and oxygen atoms in total. The standard InChI is InChI=1S/C10H19N/c1-9(2)7-4-5-10(9,3)8(11)6-7/h7-8H,4-6,11H2,1-3H3/p+1/t7-,8+,10+/m0/s1. The predicted molar refractivity (Wildman–Crippen MR) is 45.9 cm³/mol. The van der Waals surface area contributed by atoms with E-state index in [1.807, 2.05) is 0 Å². The Labute approximate surface area is 69.4 Å². The van der Waals surface area contributed by atoms with E-state index in [1.54, 1.807) is 0 Å². The molecule has 0 heterocycles. The van der Waals surface area contributed by atoms with Gasteiger partial charge in [-0.05, 0) is 24.2 Å². The van der Waals surface area contributed by atoms with Crippen LogP contribution >= 0.6 is 0 Å². The van der Waals surface area contributed by atoms with E-state index in [2.05, 4.69) is 26.5 Å². The van der Waals surface area contributed by atoms with E-state index in [-0.39, 0.29) is 0 Å². The summed E-state index contributed by atoms with van der Waals surface area (Å²) in [6.45, 7) is 7.32. The molecular weight excluding hydrogens is 134 g/mol. The maximum atomic E-state index is 4.29. The summed E-state index contributed by atoms with van der Waals surface area (Å²) < 4.78 is 0. The minimum Gasteiger partial charge on any atom is -0.355 e. The predicted octanol–water partition coefficient (Wildman–Crippen LogP) is 1.44. The first kappa shape index (κ1) is 7.60. The van der Waals surface area contributed by atoms with Gasteiger partial charge >= 0.3 is 0 Å². The summed E-state index contributed by atoms with van der Waals surface area (Å²) in [5, 5.41) is 0. The Morgan fingerprint density at radius 1 is 1.27 bits per heavy atom. The maximum Gasteiger partial charge on any atom is 0.0905 e. The van der Waals surface area contributed by atoms with Gasteiger partial charge in [-0.1, -0.05) is 20.8 Å². The quantitative estimate of drug-likeness (QED) is 0.547. The van der Waals surface area contributed by atoms with Crippen molar-refractivity contribution in [2.75, 3.05) is 0 Å². The average molecular weight is 154 g/mol. The number of fused-ring (bicyclic) bond motifs is 2. The lowest BCUT2D eigenvalue weighted by molar-refractivity contribution is -0.446. The monoisotopic (exact) mass is 154 g/mol. The molecular formula is C10H20N+. The molecule has 64 valence electrons. The van der Waals surface area contributed by atoms with Crippen LogP contribution < -0.4 is 5.73 Å². The highest BCUT2D eigenvalue weighted by atomic mass is 14.8. The first-order chi connectivity index (χ1) is 4.98. The lowest BCUT2D eigenvalue weighted by Crippen LogP contribution is -2.67. The Kier molecular flexibility index (Phi) is 1.26. The highest BCUT2D eigenvalue weighted by Crippen LogP contribution is 2.64. The van der Waals surface area contributed by atoms with Gasteiger partial charge in [0.15, 0.2) is 0 Å². The molecule has 2 saturated carbocycles. The molecule has 0 unspecified atom stereocenters. The van der Waals surface area contributed by atoms with E-state index < -0.39 is 0 Å². The van der Waals surface area contributed by atoms with E-state index >= 15 is 0 Å². The van der Waals surface area contributed by atoms with Crippen LogP contribution in [-0.4, -0.2) is 6.04 Å². The van der Waals surface area contributed by atoms with E-state index in [0.717, 1.165) is 12.0 Å². The largest absolute Gasteiger partial charge is 0.355 e. The molecule has 0 amide bonds. The third-order valence-corrected chi connectivity index (χ3v) is 4.97. The summed E-state index contributed by atoms with van der Waals surface area (Å²) in [7, 11) is 0. The van der Waals surface area contributed by atoms with Crippen molar-refractivity contribution >= 4 is 0 Å². The van der Waals surface area contributed by atoms with Crippen LogP contribution in [0.3, 0.4) is 0 Å². The van der Waals surface area contributed by atoms with Crippen molar-refractivity contribution in [3.05, 3.63) is 0 Å². The Bertz CT molecular complexity index is 185. The zero-order valence-corrected chi connectivity index (χ0v) is 7.98. The molecule has 0 aromatic carbocycles. The highest BCUT2D eigenvalue weighted by molar-refractivity contribution is 5.09. The van der Waals surface area contributed by atoms with Gasteiger partial charge in [-0.2, -0.15) is 0 Å². The summed E-state index contributed by atoms with van der Waals surface area (Å²) in [4.78, 5) is 0. The van der Waals surface area contributed by atoms with Gasteiger partial charge in [0.25, 0.3) is 0 Å². The van der Waals surface area contributed by atoms with Crippen LogP contribution in [0.4, 0.5) is 0 Å². The fourth-order valence-electron chi connectivity index (χ4n) is 3.37. The van der Waals surface area contributed by atoms with Crippen LogP contribution in [0.5, 0.6) is 0 Å². The van der Waals surface area contributed by atoms with Crippen LogP contribution in [0.15, 0.2) is 0 Å². The van der Waals surface area contributed by atoms with Crippen LogP contribution in [0.1, 0.15) is 40.0 Å². The first-order valence-electron chi connectivity index (χ1n) is 4.81. The topological polar surface area (TPSA) is 27.6 Å². The van der Waals surface area contributed by atoms with Gasteiger partial charge in [0.2, 0.25) is 0 Å². The normalized spacial score (nSPS) is 53.5. The Morgan fingerprint density at radius 3 is 2.09 bits per heavy atom. The zero-order chi connectivity index (χ0) is 8.28. The van der Waals surface area contributed by atoms with Crippen molar-refractivity contribution in [3.8, 4) is 0 Å². The molecule has 11 heavy (non-hydrogen) atoms. The zero-order valence-electron chi connectivity index (χ0n) is 7.98. The summed E-state index contributed by atoms with van der Waals surface area (Å²) in [6, 6.07) is 0.719. The number of quaternary nitrogens is 1. The van der Waals surface area contributed by atoms with Crippen molar-refractivity contribution in [3.63, 3.8) is 0 Å². The Morgan fingerprint density at radius 2 is 1.91 bits per heavy atom. The van der Waals surface area contributed by atoms with Crippen molar-refractivity contribution in [2.24, 2.45) is 16.7 Å². The summed E-state index contributed by atoms with van der Waals surface area (Å²) >= 11 is 0. The second-order valence-corrected chi connectivity index (χ2v) is 5.31. The highest BCUT2D eigenvalue weighted by Gasteiger charge is 2.62. The number of rotatable bonds is 0. The third-order valence-electron chi connectivity index (χ3n) is 4.97. The lowest BCUT2D eigenvalue weighted by atomic mass is 9.69. The van der Waals surface area contributed by atoms with Crippen molar-refractivity contribution in [2.45, 2.75) is 46.1 Å². The van der Waals surface area contributed by atoms with Crippen LogP contribution in [-0.2, 0) is 0 Å². The first-order valence-corrected chi connectivity index (χ1v) is 4.81. The fraction of sp³-hybridized carbons (Fsp3) is 1.00. The van der Waals surface area contributed by atoms with Crippen molar-refractivity contribution in [1.29, 1.82) is 0 Å². The number of hydrogen-bond donors (Lipinski definition) is 1. The van der Waals surface area contributed by atoms with Gasteiger partial charge in [0.05, 0.1) is 6.04 Å². The van der Waals surface area contributed by atoms with Crippen LogP contribution in [0.2, 0.25) is 0 Å². The molecule has 2 bridgehead atoms. The van der Waals surface area contributed by atoms with Gasteiger partial charge < -0.3 is 5.73 Å². The molecule has 3 atom stereocenters. The third kappa shape index (κ3) is 0.658. The second kappa shape index (κ2) is 1.82. The Hall–Kier alpha value is -0.0400. The van der Waals surface area contributed by atoms with Gasteiger partial charge in [-0.3, -0.25) is 0 Å². The molecule has 3 N–H and O–H groups in total. The molecule has 2 rings (SSSR count). The summed E-state index contributed by atoms with van der Waals surface area (Å²) in [6.07, 6.45) is 4.25. The molecule has 2 fully saturated rings. The van der Waals surface area contributed by atoms with E-state index in [0.29, 0.717) is 10.8 Å². The summed E-state index contributed by atoms with van der Waals surface area (Å²) in [5.41, 5.74) is 5.41. The maximum absolute atomic E-state index is 4.29. The van der Waals surface area contributed by atoms with Crippen LogP contribution in [0.25, 0.3) is 0 Å². The molecule has 2 aliphatic rings. The Balaban J connectivity index is 2.40. The fourth-order valence-corrected chi connectivity index (χ4v) is 3.37. The molecule has 0 radical (unpaired) electrons. The smallest absolute Gasteiger partial charge is 0.0905 e. The van der Waals surface area contributed by atoms with Gasteiger partial charge in [-0.25, -0.2) is 0 Å². The minimum atomic E-state index is 0.553. The molecule has 2 aliphatic carbocycles. The second-order valence-electron chi connectivity index (χ2n) is 5.31. The molecule has 0 aromatic rings. The van der Waals surface area contributed by atoms with E-state index in [1.165, 1.54) is 19.3 Å². The van der Waals surface area contributed by atoms with Crippen LogP contribution in [0, 0.1) is 16.7 Å². The average Bonchev–Trinajstić information content (AvgIpc) is 2.20. The van der Waals surface area contributed by atoms with Crippen molar-refractivity contribution in [1.82, 2.24) is 0 Å². The molecule has 0 saturated heterocycles. The molecule has 0 aliphatic heterocycles. The van der Waals surface area contributed by atoms with Gasteiger partial charge in [0, 0.05) is 11.8 Å². The van der Waals surface area contributed by atoms with Gasteiger partial charge in [-0.15, -0.1) is 0 Å². The van der Waals surface area contributed by atoms with E-state index in [9.17, 15) is 0 Å². The number of hydrogen-bond acceptors (Lipinski definition) is 0. The SMILES string of the molecule is CC1(C)[C@H]2CC[C@]1(C)[C@H]([NH3+])C2. The van der Waals surface area contributed by atoms with Gasteiger partial charge in [0.1, 0.15) is 0 Å². The van der Waals surface area contributed by atoms with E-state index in [4.69, 9.17) is 0 Å². The minimum absolute atomic E-state index is 0.553. The van der Waals surface area contributed by atoms with Crippen molar-refractivity contribution < 1.29 is 5.73 Å². The molecule has 0 spiro atoms. The molecule has 1 heteroatoms. The summed E-state index contributed by atoms with van der Waals surface area (Å²) in [5.74, 6) is 0.968.